The predicted octanol–water partition coefficient (Wildman–Crippen LogP) is 2.53. The summed E-state index contributed by atoms with van der Waals surface area (Å²) < 4.78 is 0. The fraction of sp³-hybridized carbons (Fsp3) is 0.812. The Morgan fingerprint density at radius 3 is 2.58 bits per heavy atom. The number of likely N-dealkylation sites (tertiary alicyclic amines) is 2. The highest BCUT2D eigenvalue weighted by atomic mass is 16.2. The van der Waals surface area contributed by atoms with Gasteiger partial charge in [0.15, 0.2) is 0 Å². The Balaban J connectivity index is 1.57. The first-order valence-corrected chi connectivity index (χ1v) is 7.81. The fourth-order valence-electron chi connectivity index (χ4n) is 3.10. The van der Waals surface area contributed by atoms with E-state index in [1.807, 2.05) is 11.0 Å². The van der Waals surface area contributed by atoms with Crippen molar-refractivity contribution in [3.05, 3.63) is 12.7 Å². The van der Waals surface area contributed by atoms with Crippen LogP contribution in [0.5, 0.6) is 0 Å². The third kappa shape index (κ3) is 4.34. The molecule has 0 bridgehead atoms. The molecule has 0 aliphatic carbocycles. The van der Waals surface area contributed by atoms with Crippen LogP contribution in [0.15, 0.2) is 12.7 Å². The summed E-state index contributed by atoms with van der Waals surface area (Å²) in [4.78, 5) is 16.3. The van der Waals surface area contributed by atoms with Gasteiger partial charge in [-0.2, -0.15) is 0 Å². The van der Waals surface area contributed by atoms with E-state index in [9.17, 15) is 4.79 Å². The van der Waals surface area contributed by atoms with E-state index in [4.69, 9.17) is 0 Å². The zero-order chi connectivity index (χ0) is 13.7. The summed E-state index contributed by atoms with van der Waals surface area (Å²) in [5.74, 6) is 1.61. The summed E-state index contributed by atoms with van der Waals surface area (Å²) in [7, 11) is 0. The van der Waals surface area contributed by atoms with Gasteiger partial charge in [0, 0.05) is 25.4 Å². The van der Waals surface area contributed by atoms with Crippen molar-refractivity contribution in [2.75, 3.05) is 32.7 Å². The molecule has 108 valence electrons. The Kier molecular flexibility index (Phi) is 5.44. The lowest BCUT2D eigenvalue weighted by Crippen LogP contribution is -2.34. The second-order valence-electron chi connectivity index (χ2n) is 6.27. The number of rotatable bonds is 6. The molecule has 19 heavy (non-hydrogen) atoms. The Labute approximate surface area is 117 Å². The van der Waals surface area contributed by atoms with Gasteiger partial charge in [0.1, 0.15) is 0 Å². The summed E-state index contributed by atoms with van der Waals surface area (Å²) in [6.45, 7) is 11.7. The van der Waals surface area contributed by atoms with E-state index in [0.717, 1.165) is 25.4 Å². The highest BCUT2D eigenvalue weighted by Gasteiger charge is 2.26. The fourth-order valence-corrected chi connectivity index (χ4v) is 3.10. The molecule has 0 spiro atoms. The largest absolute Gasteiger partial charge is 0.342 e. The second kappa shape index (κ2) is 7.09. The number of amides is 1. The standard InChI is InChI=1S/C16H28N2O/c1-3-15-12-16(19)18(13-15)9-5-4-8-17-10-6-14(2)7-11-17/h3,14-15H,1,4-13H2,2H3. The van der Waals surface area contributed by atoms with Gasteiger partial charge < -0.3 is 9.80 Å². The molecule has 2 fully saturated rings. The van der Waals surface area contributed by atoms with E-state index < -0.39 is 0 Å². The molecular formula is C16H28N2O. The summed E-state index contributed by atoms with van der Waals surface area (Å²) in [5.41, 5.74) is 0. The van der Waals surface area contributed by atoms with Crippen LogP contribution in [0.2, 0.25) is 0 Å². The first kappa shape index (κ1) is 14.6. The summed E-state index contributed by atoms with van der Waals surface area (Å²) in [6, 6.07) is 0. The predicted molar refractivity (Wildman–Crippen MR) is 79.0 cm³/mol. The molecule has 0 N–H and O–H groups in total. The molecular weight excluding hydrogens is 236 g/mol. The first-order chi connectivity index (χ1) is 9.19. The van der Waals surface area contributed by atoms with Crippen LogP contribution in [0.4, 0.5) is 0 Å². The third-order valence-electron chi connectivity index (χ3n) is 4.61. The van der Waals surface area contributed by atoms with Crippen molar-refractivity contribution < 1.29 is 4.79 Å². The zero-order valence-electron chi connectivity index (χ0n) is 12.3. The van der Waals surface area contributed by atoms with Gasteiger partial charge in [-0.05, 0) is 51.2 Å². The van der Waals surface area contributed by atoms with Crippen molar-refractivity contribution in [1.82, 2.24) is 9.80 Å². The lowest BCUT2D eigenvalue weighted by molar-refractivity contribution is -0.127. The average Bonchev–Trinajstić information content (AvgIpc) is 2.77. The molecule has 2 heterocycles. The van der Waals surface area contributed by atoms with Gasteiger partial charge in [-0.15, -0.1) is 6.58 Å². The summed E-state index contributed by atoms with van der Waals surface area (Å²) >= 11 is 0. The van der Waals surface area contributed by atoms with Crippen molar-refractivity contribution in [3.8, 4) is 0 Å². The van der Waals surface area contributed by atoms with E-state index in [-0.39, 0.29) is 0 Å². The quantitative estimate of drug-likeness (QED) is 0.544. The van der Waals surface area contributed by atoms with Crippen molar-refractivity contribution in [2.24, 2.45) is 11.8 Å². The number of carbonyl (C=O) groups is 1. The second-order valence-corrected chi connectivity index (χ2v) is 6.27. The normalized spacial score (nSPS) is 26.1. The molecule has 3 heteroatoms. The molecule has 2 saturated heterocycles. The van der Waals surface area contributed by atoms with Crippen molar-refractivity contribution in [3.63, 3.8) is 0 Å². The monoisotopic (exact) mass is 264 g/mol. The molecule has 0 aromatic rings. The highest BCUT2D eigenvalue weighted by molar-refractivity contribution is 5.78. The number of unbranched alkanes of at least 4 members (excludes halogenated alkanes) is 1. The van der Waals surface area contributed by atoms with Crippen molar-refractivity contribution in [1.29, 1.82) is 0 Å². The molecule has 0 aromatic carbocycles. The van der Waals surface area contributed by atoms with Crippen LogP contribution in [0.25, 0.3) is 0 Å². The summed E-state index contributed by atoms with van der Waals surface area (Å²) in [6.07, 6.45) is 7.66. The minimum Gasteiger partial charge on any atom is -0.342 e. The number of hydrogen-bond acceptors (Lipinski definition) is 2. The van der Waals surface area contributed by atoms with Gasteiger partial charge in [-0.1, -0.05) is 13.0 Å². The number of carbonyl (C=O) groups excluding carboxylic acids is 1. The maximum Gasteiger partial charge on any atom is 0.223 e. The van der Waals surface area contributed by atoms with Crippen LogP contribution >= 0.6 is 0 Å². The van der Waals surface area contributed by atoms with Gasteiger partial charge in [-0.25, -0.2) is 0 Å². The topological polar surface area (TPSA) is 23.6 Å². The van der Waals surface area contributed by atoms with Gasteiger partial charge in [-0.3, -0.25) is 4.79 Å². The van der Waals surface area contributed by atoms with E-state index in [2.05, 4.69) is 18.4 Å². The van der Waals surface area contributed by atoms with Crippen LogP contribution in [-0.4, -0.2) is 48.4 Å². The van der Waals surface area contributed by atoms with Crippen molar-refractivity contribution >= 4 is 5.91 Å². The third-order valence-corrected chi connectivity index (χ3v) is 4.61. The Morgan fingerprint density at radius 2 is 1.95 bits per heavy atom. The van der Waals surface area contributed by atoms with Crippen molar-refractivity contribution in [2.45, 2.75) is 39.0 Å². The van der Waals surface area contributed by atoms with Gasteiger partial charge in [0.05, 0.1) is 0 Å². The molecule has 2 rings (SSSR count). The lowest BCUT2D eigenvalue weighted by Gasteiger charge is -2.30. The first-order valence-electron chi connectivity index (χ1n) is 7.81. The Morgan fingerprint density at radius 1 is 1.26 bits per heavy atom. The minimum atomic E-state index is 0.316. The van der Waals surface area contributed by atoms with Gasteiger partial charge >= 0.3 is 0 Å². The lowest BCUT2D eigenvalue weighted by atomic mass is 9.99. The molecule has 0 radical (unpaired) electrons. The maximum atomic E-state index is 11.7. The van der Waals surface area contributed by atoms with E-state index in [1.54, 1.807) is 0 Å². The van der Waals surface area contributed by atoms with Crippen LogP contribution in [0, 0.1) is 11.8 Å². The highest BCUT2D eigenvalue weighted by Crippen LogP contribution is 2.19. The summed E-state index contributed by atoms with van der Waals surface area (Å²) in [5, 5.41) is 0. The number of hydrogen-bond donors (Lipinski definition) is 0. The number of nitrogens with zero attached hydrogens (tertiary/aromatic N) is 2. The molecule has 0 aromatic heterocycles. The molecule has 1 amide bonds. The zero-order valence-corrected chi connectivity index (χ0v) is 12.3. The van der Waals surface area contributed by atoms with Gasteiger partial charge in [0.25, 0.3) is 0 Å². The van der Waals surface area contributed by atoms with E-state index in [0.29, 0.717) is 18.2 Å². The molecule has 2 aliphatic rings. The Hall–Kier alpha value is -0.830. The average molecular weight is 264 g/mol. The van der Waals surface area contributed by atoms with E-state index in [1.165, 1.54) is 38.9 Å². The van der Waals surface area contributed by atoms with Crippen LogP contribution in [-0.2, 0) is 4.79 Å². The van der Waals surface area contributed by atoms with Crippen LogP contribution in [0.3, 0.4) is 0 Å². The molecule has 0 saturated carbocycles. The van der Waals surface area contributed by atoms with Crippen LogP contribution < -0.4 is 0 Å². The molecule has 2 aliphatic heterocycles. The number of piperidine rings is 1. The minimum absolute atomic E-state index is 0.316. The molecule has 3 nitrogen and oxygen atoms in total. The van der Waals surface area contributed by atoms with Gasteiger partial charge in [0.2, 0.25) is 5.91 Å². The molecule has 1 atom stereocenters. The molecule has 1 unspecified atom stereocenters. The van der Waals surface area contributed by atoms with Crippen LogP contribution in [0.1, 0.15) is 39.0 Å². The Bertz CT molecular complexity index is 308. The van der Waals surface area contributed by atoms with E-state index >= 15 is 0 Å². The maximum absolute atomic E-state index is 11.7. The smallest absolute Gasteiger partial charge is 0.223 e. The SMILES string of the molecule is C=CC1CC(=O)N(CCCCN2CCC(C)CC2)C1.